The number of morpholine rings is 1. The fourth-order valence-electron chi connectivity index (χ4n) is 3.45. The summed E-state index contributed by atoms with van der Waals surface area (Å²) in [5.41, 5.74) is 0.888. The summed E-state index contributed by atoms with van der Waals surface area (Å²) in [5.74, 6) is 1.20. The second kappa shape index (κ2) is 10.2. The summed E-state index contributed by atoms with van der Waals surface area (Å²) in [6.45, 7) is 8.41. The van der Waals surface area contributed by atoms with Gasteiger partial charge in [-0.2, -0.15) is 4.99 Å². The molecule has 6 nitrogen and oxygen atoms in total. The van der Waals surface area contributed by atoms with Crippen molar-refractivity contribution in [2.24, 2.45) is 4.99 Å². The van der Waals surface area contributed by atoms with E-state index in [9.17, 15) is 4.79 Å². The minimum atomic E-state index is -0.198. The van der Waals surface area contributed by atoms with Crippen molar-refractivity contribution >= 4 is 28.9 Å². The molecule has 1 aromatic carbocycles. The second-order valence-corrected chi connectivity index (χ2v) is 8.45. The highest BCUT2D eigenvalue weighted by Crippen LogP contribution is 2.34. The molecule has 0 aromatic heterocycles. The highest BCUT2D eigenvalue weighted by molar-refractivity contribution is 8.18. The van der Waals surface area contributed by atoms with Crippen LogP contribution in [0.5, 0.6) is 11.5 Å². The van der Waals surface area contributed by atoms with Gasteiger partial charge in [0.1, 0.15) is 0 Å². The van der Waals surface area contributed by atoms with Crippen molar-refractivity contribution in [2.45, 2.75) is 52.2 Å². The van der Waals surface area contributed by atoms with Gasteiger partial charge in [0.25, 0.3) is 5.91 Å². The van der Waals surface area contributed by atoms with Crippen molar-refractivity contribution < 1.29 is 19.0 Å². The highest BCUT2D eigenvalue weighted by Gasteiger charge is 2.31. The first kappa shape index (κ1) is 21.7. The van der Waals surface area contributed by atoms with Crippen LogP contribution in [-0.4, -0.2) is 55.0 Å². The minimum Gasteiger partial charge on any atom is -0.493 e. The quantitative estimate of drug-likeness (QED) is 0.485. The molecule has 0 N–H and O–H groups in total. The van der Waals surface area contributed by atoms with Crippen LogP contribution in [0.1, 0.15) is 45.6 Å². The molecule has 0 spiro atoms. The maximum atomic E-state index is 12.4. The van der Waals surface area contributed by atoms with Crippen LogP contribution in [0.2, 0.25) is 0 Å². The lowest BCUT2D eigenvalue weighted by atomic mass is 10.2. The standard InChI is InChI=1S/C22H30N2O4S/c1-5-6-7-10-27-18-9-8-17(11-19(18)26-4)12-20-21(25)23-22(29-20)24-13-15(2)28-16(3)14-24/h8-9,11-12,15-16H,5-7,10,13-14H2,1-4H3/b20-12+. The Kier molecular flexibility index (Phi) is 7.61. The fraction of sp³-hybridized carbons (Fsp3) is 0.545. The monoisotopic (exact) mass is 418 g/mol. The van der Waals surface area contributed by atoms with Gasteiger partial charge in [-0.15, -0.1) is 0 Å². The first-order valence-electron chi connectivity index (χ1n) is 10.2. The molecule has 0 saturated carbocycles. The van der Waals surface area contributed by atoms with Crippen molar-refractivity contribution in [3.63, 3.8) is 0 Å². The van der Waals surface area contributed by atoms with Crippen LogP contribution in [0.3, 0.4) is 0 Å². The number of nitrogens with zero attached hydrogens (tertiary/aromatic N) is 2. The molecular formula is C22H30N2O4S. The fourth-order valence-corrected chi connectivity index (χ4v) is 4.38. The molecule has 2 aliphatic heterocycles. The molecule has 7 heteroatoms. The average molecular weight is 419 g/mol. The van der Waals surface area contributed by atoms with Gasteiger partial charge >= 0.3 is 0 Å². The summed E-state index contributed by atoms with van der Waals surface area (Å²) in [6.07, 6.45) is 5.44. The number of aliphatic imine (C=N–C) groups is 1. The van der Waals surface area contributed by atoms with Crippen molar-refractivity contribution in [2.75, 3.05) is 26.8 Å². The van der Waals surface area contributed by atoms with Gasteiger partial charge < -0.3 is 19.1 Å². The molecule has 0 bridgehead atoms. The molecule has 0 aliphatic carbocycles. The van der Waals surface area contributed by atoms with Gasteiger partial charge in [-0.3, -0.25) is 4.79 Å². The van der Waals surface area contributed by atoms with Crippen LogP contribution in [0, 0.1) is 0 Å². The Labute approximate surface area is 177 Å². The summed E-state index contributed by atoms with van der Waals surface area (Å²) >= 11 is 1.42. The van der Waals surface area contributed by atoms with E-state index in [1.54, 1.807) is 7.11 Å². The van der Waals surface area contributed by atoms with Crippen molar-refractivity contribution in [3.05, 3.63) is 28.7 Å². The molecule has 1 saturated heterocycles. The van der Waals surface area contributed by atoms with Gasteiger partial charge in [0.15, 0.2) is 16.7 Å². The average Bonchev–Trinajstić information content (AvgIpc) is 3.05. The SMILES string of the molecule is CCCCCOc1ccc(/C=C2/SC(N3CC(C)OC(C)C3)=NC2=O)cc1OC. The van der Waals surface area contributed by atoms with Crippen LogP contribution in [0.15, 0.2) is 28.1 Å². The zero-order valence-electron chi connectivity index (χ0n) is 17.6. The van der Waals surface area contributed by atoms with Gasteiger partial charge in [-0.25, -0.2) is 0 Å². The van der Waals surface area contributed by atoms with E-state index in [1.165, 1.54) is 11.8 Å². The third-order valence-corrected chi connectivity index (χ3v) is 5.83. The predicted octanol–water partition coefficient (Wildman–Crippen LogP) is 4.34. The van der Waals surface area contributed by atoms with E-state index >= 15 is 0 Å². The van der Waals surface area contributed by atoms with E-state index in [0.717, 1.165) is 48.8 Å². The van der Waals surface area contributed by atoms with Gasteiger partial charge in [0, 0.05) is 13.1 Å². The van der Waals surface area contributed by atoms with E-state index in [-0.39, 0.29) is 18.1 Å². The maximum Gasteiger partial charge on any atom is 0.286 e. The zero-order valence-corrected chi connectivity index (χ0v) is 18.5. The van der Waals surface area contributed by atoms with E-state index < -0.39 is 0 Å². The number of hydrogen-bond donors (Lipinski definition) is 0. The van der Waals surface area contributed by atoms with Crippen molar-refractivity contribution in [3.8, 4) is 11.5 Å². The van der Waals surface area contributed by atoms with Gasteiger partial charge in [-0.05, 0) is 55.8 Å². The third kappa shape index (κ3) is 5.76. The van der Waals surface area contributed by atoms with E-state index in [4.69, 9.17) is 14.2 Å². The van der Waals surface area contributed by atoms with Gasteiger partial charge in [0.2, 0.25) is 0 Å². The Hall–Kier alpha value is -1.99. The number of rotatable bonds is 7. The number of ether oxygens (including phenoxy) is 3. The minimum absolute atomic E-state index is 0.124. The largest absolute Gasteiger partial charge is 0.493 e. The lowest BCUT2D eigenvalue weighted by molar-refractivity contribution is -0.113. The summed E-state index contributed by atoms with van der Waals surface area (Å²) in [5, 5.41) is 0.756. The number of benzene rings is 1. The summed E-state index contributed by atoms with van der Waals surface area (Å²) in [7, 11) is 1.63. The summed E-state index contributed by atoms with van der Waals surface area (Å²) in [4.78, 5) is 19.4. The molecule has 1 fully saturated rings. The maximum absolute atomic E-state index is 12.4. The number of carbonyl (C=O) groups is 1. The van der Waals surface area contributed by atoms with Crippen LogP contribution in [0.25, 0.3) is 6.08 Å². The van der Waals surface area contributed by atoms with Crippen molar-refractivity contribution in [1.29, 1.82) is 0 Å². The molecule has 2 atom stereocenters. The number of methoxy groups -OCH3 is 1. The molecule has 2 unspecified atom stereocenters. The van der Waals surface area contributed by atoms with Gasteiger partial charge in [0.05, 0.1) is 30.8 Å². The molecule has 158 valence electrons. The van der Waals surface area contributed by atoms with Crippen LogP contribution < -0.4 is 9.47 Å². The Morgan fingerprint density at radius 1 is 1.24 bits per heavy atom. The second-order valence-electron chi connectivity index (χ2n) is 7.44. The topological polar surface area (TPSA) is 60.4 Å². The number of amides is 1. The summed E-state index contributed by atoms with van der Waals surface area (Å²) in [6, 6.07) is 5.73. The predicted molar refractivity (Wildman–Crippen MR) is 118 cm³/mol. The molecule has 2 aliphatic rings. The first-order chi connectivity index (χ1) is 14.0. The van der Waals surface area contributed by atoms with Crippen LogP contribution in [0.4, 0.5) is 0 Å². The smallest absolute Gasteiger partial charge is 0.286 e. The summed E-state index contributed by atoms with van der Waals surface area (Å²) < 4.78 is 17.1. The van der Waals surface area contributed by atoms with E-state index in [2.05, 4.69) is 16.8 Å². The van der Waals surface area contributed by atoms with Gasteiger partial charge in [-0.1, -0.05) is 25.8 Å². The van der Waals surface area contributed by atoms with Crippen molar-refractivity contribution in [1.82, 2.24) is 4.90 Å². The van der Waals surface area contributed by atoms with E-state index in [1.807, 2.05) is 38.1 Å². The Balaban J connectivity index is 1.68. The number of unbranched alkanes of at least 4 members (excludes halogenated alkanes) is 2. The molecule has 29 heavy (non-hydrogen) atoms. The van der Waals surface area contributed by atoms with Crippen LogP contribution in [-0.2, 0) is 9.53 Å². The Morgan fingerprint density at radius 3 is 2.69 bits per heavy atom. The molecule has 1 aromatic rings. The number of carbonyl (C=O) groups excluding carboxylic acids is 1. The molecule has 1 amide bonds. The number of thioether (sulfide) groups is 1. The van der Waals surface area contributed by atoms with E-state index in [0.29, 0.717) is 17.3 Å². The normalized spacial score (nSPS) is 23.4. The number of hydrogen-bond acceptors (Lipinski definition) is 6. The molecule has 2 heterocycles. The van der Waals surface area contributed by atoms with Crippen LogP contribution >= 0.6 is 11.8 Å². The third-order valence-electron chi connectivity index (χ3n) is 4.79. The first-order valence-corrected chi connectivity index (χ1v) is 11.1. The number of amidine groups is 1. The molecular weight excluding hydrogens is 388 g/mol. The zero-order chi connectivity index (χ0) is 20.8. The Morgan fingerprint density at radius 2 is 2.00 bits per heavy atom. The molecule has 0 radical (unpaired) electrons. The highest BCUT2D eigenvalue weighted by atomic mass is 32.2. The Bertz CT molecular complexity index is 783. The lowest BCUT2D eigenvalue weighted by Crippen LogP contribution is -2.47. The lowest BCUT2D eigenvalue weighted by Gasteiger charge is -2.35. The molecule has 3 rings (SSSR count).